The zero-order valence-electron chi connectivity index (χ0n) is 17.8. The van der Waals surface area contributed by atoms with Crippen LogP contribution in [0, 0.1) is 17.7 Å². The van der Waals surface area contributed by atoms with E-state index in [1.165, 1.54) is 23.1 Å². The Bertz CT molecular complexity index is 1130. The molecule has 2 fully saturated rings. The molecule has 3 aliphatic rings. The van der Waals surface area contributed by atoms with Crippen LogP contribution in [0.2, 0.25) is 0 Å². The fourth-order valence-corrected chi connectivity index (χ4v) is 5.47. The molecule has 5 rings (SSSR count). The van der Waals surface area contributed by atoms with E-state index in [0.717, 1.165) is 5.56 Å². The molecule has 166 valence electrons. The standard InChI is InChI=1S/C24H24FN3O4/c1-3-12(2)28-21(30)19-18(10-13-4-7-15(29)8-5-13)27-24(20(19)22(28)31)16-11-14(25)6-9-17(16)26-23(24)32/h4-9,11-12,18-20,27,29H,3,10H2,1-2H3,(H,26,32)/t12-,18-,19-,20+,24+/m1/s1. The lowest BCUT2D eigenvalue weighted by Crippen LogP contribution is -2.54. The number of nitrogens with zero attached hydrogens (tertiary/aromatic N) is 1. The van der Waals surface area contributed by atoms with E-state index in [1.807, 2.05) is 13.8 Å². The normalized spacial score (nSPS) is 29.4. The fraction of sp³-hybridized carbons (Fsp3) is 0.375. The molecule has 0 bridgehead atoms. The number of hydrogen-bond acceptors (Lipinski definition) is 5. The molecular weight excluding hydrogens is 413 g/mol. The molecule has 2 saturated heterocycles. The maximum absolute atomic E-state index is 14.2. The molecule has 8 heteroatoms. The number of aromatic hydroxyl groups is 1. The van der Waals surface area contributed by atoms with Crippen LogP contribution in [-0.2, 0) is 26.3 Å². The number of carbonyl (C=O) groups is 3. The second-order valence-corrected chi connectivity index (χ2v) is 8.88. The lowest BCUT2D eigenvalue weighted by molar-refractivity contribution is -0.145. The van der Waals surface area contributed by atoms with Gasteiger partial charge in [0.15, 0.2) is 0 Å². The molecule has 0 radical (unpaired) electrons. The van der Waals surface area contributed by atoms with Crippen molar-refractivity contribution >= 4 is 23.4 Å². The maximum atomic E-state index is 14.2. The van der Waals surface area contributed by atoms with Crippen molar-refractivity contribution < 1.29 is 23.9 Å². The molecule has 3 N–H and O–H groups in total. The number of carbonyl (C=O) groups excluding carboxylic acids is 3. The SMILES string of the molecule is CC[C@@H](C)N1C(=O)[C@H]2[C@@H](C1=O)[C@]1(N[C@@H]2Cc2ccc(O)cc2)C(=O)Nc2ccc(F)cc21. The number of imide groups is 1. The molecule has 5 atom stereocenters. The smallest absolute Gasteiger partial charge is 0.250 e. The van der Waals surface area contributed by atoms with E-state index in [9.17, 15) is 23.9 Å². The van der Waals surface area contributed by atoms with Crippen molar-refractivity contribution in [3.8, 4) is 5.75 Å². The van der Waals surface area contributed by atoms with E-state index < -0.39 is 41.0 Å². The summed E-state index contributed by atoms with van der Waals surface area (Å²) in [5.41, 5.74) is 0.128. The van der Waals surface area contributed by atoms with Crippen LogP contribution >= 0.6 is 0 Å². The zero-order valence-corrected chi connectivity index (χ0v) is 17.8. The number of nitrogens with one attached hydrogen (secondary N) is 2. The number of likely N-dealkylation sites (tertiary alicyclic amines) is 1. The molecule has 32 heavy (non-hydrogen) atoms. The first kappa shape index (κ1) is 20.6. The van der Waals surface area contributed by atoms with E-state index in [2.05, 4.69) is 10.6 Å². The van der Waals surface area contributed by atoms with Crippen LogP contribution in [0.3, 0.4) is 0 Å². The Morgan fingerprint density at radius 2 is 1.84 bits per heavy atom. The number of rotatable bonds is 4. The lowest BCUT2D eigenvalue weighted by atomic mass is 9.76. The first-order chi connectivity index (χ1) is 15.3. The average molecular weight is 437 g/mol. The number of benzene rings is 2. The van der Waals surface area contributed by atoms with Crippen LogP contribution in [0.1, 0.15) is 31.4 Å². The molecular formula is C24H24FN3O4. The van der Waals surface area contributed by atoms with Crippen molar-refractivity contribution in [3.63, 3.8) is 0 Å². The van der Waals surface area contributed by atoms with E-state index in [4.69, 9.17) is 0 Å². The van der Waals surface area contributed by atoms with Crippen LogP contribution in [0.4, 0.5) is 10.1 Å². The topological polar surface area (TPSA) is 98.7 Å². The predicted octanol–water partition coefficient (Wildman–Crippen LogP) is 2.29. The number of anilines is 1. The number of hydrogen-bond donors (Lipinski definition) is 3. The Kier molecular flexibility index (Phi) is 4.60. The third-order valence-electron chi connectivity index (χ3n) is 7.13. The summed E-state index contributed by atoms with van der Waals surface area (Å²) >= 11 is 0. The van der Waals surface area contributed by atoms with Crippen LogP contribution in [-0.4, -0.2) is 39.8 Å². The second kappa shape index (κ2) is 7.13. The van der Waals surface area contributed by atoms with Crippen molar-refractivity contribution in [3.05, 3.63) is 59.4 Å². The Hall–Kier alpha value is -3.26. The minimum Gasteiger partial charge on any atom is -0.508 e. The molecule has 3 aliphatic heterocycles. The molecule has 3 amide bonds. The molecule has 2 aromatic rings. The molecule has 0 saturated carbocycles. The summed E-state index contributed by atoms with van der Waals surface area (Å²) in [5.74, 6) is -3.28. The molecule has 0 aliphatic carbocycles. The summed E-state index contributed by atoms with van der Waals surface area (Å²) < 4.78 is 14.2. The Labute approximate surface area is 184 Å². The van der Waals surface area contributed by atoms with Crippen LogP contribution in [0.25, 0.3) is 0 Å². The molecule has 3 heterocycles. The highest BCUT2D eigenvalue weighted by Crippen LogP contribution is 2.53. The number of halogens is 1. The van der Waals surface area contributed by atoms with Gasteiger partial charge in [0.2, 0.25) is 17.7 Å². The summed E-state index contributed by atoms with van der Waals surface area (Å²) in [6, 6.07) is 9.78. The summed E-state index contributed by atoms with van der Waals surface area (Å²) in [5, 5.41) is 15.7. The third kappa shape index (κ3) is 2.72. The highest BCUT2D eigenvalue weighted by molar-refractivity contribution is 6.15. The number of amides is 3. The van der Waals surface area contributed by atoms with E-state index in [-0.39, 0.29) is 17.7 Å². The quantitative estimate of drug-likeness (QED) is 0.638. The van der Waals surface area contributed by atoms with E-state index >= 15 is 0 Å². The highest BCUT2D eigenvalue weighted by Gasteiger charge is 2.70. The van der Waals surface area contributed by atoms with Crippen LogP contribution in [0.15, 0.2) is 42.5 Å². The summed E-state index contributed by atoms with van der Waals surface area (Å²) in [6.45, 7) is 3.71. The zero-order chi connectivity index (χ0) is 22.8. The van der Waals surface area contributed by atoms with Gasteiger partial charge in [-0.1, -0.05) is 19.1 Å². The predicted molar refractivity (Wildman–Crippen MR) is 114 cm³/mol. The van der Waals surface area contributed by atoms with Crippen LogP contribution in [0.5, 0.6) is 5.75 Å². The molecule has 2 aromatic carbocycles. The number of fused-ring (bicyclic) bond motifs is 4. The molecule has 0 aromatic heterocycles. The first-order valence-corrected chi connectivity index (χ1v) is 10.8. The number of phenols is 1. The van der Waals surface area contributed by atoms with Gasteiger partial charge in [-0.2, -0.15) is 0 Å². The minimum absolute atomic E-state index is 0.122. The van der Waals surface area contributed by atoms with Gasteiger partial charge in [0.05, 0.1) is 11.8 Å². The monoisotopic (exact) mass is 437 g/mol. The van der Waals surface area contributed by atoms with Gasteiger partial charge < -0.3 is 10.4 Å². The highest BCUT2D eigenvalue weighted by atomic mass is 19.1. The minimum atomic E-state index is -1.52. The lowest BCUT2D eigenvalue weighted by Gasteiger charge is -2.31. The summed E-state index contributed by atoms with van der Waals surface area (Å²) in [7, 11) is 0. The van der Waals surface area contributed by atoms with Gasteiger partial charge >= 0.3 is 0 Å². The fourth-order valence-electron chi connectivity index (χ4n) is 5.47. The molecule has 7 nitrogen and oxygen atoms in total. The summed E-state index contributed by atoms with van der Waals surface area (Å²) in [4.78, 5) is 41.7. The Morgan fingerprint density at radius 3 is 2.53 bits per heavy atom. The Morgan fingerprint density at radius 1 is 1.12 bits per heavy atom. The molecule has 1 spiro atoms. The largest absolute Gasteiger partial charge is 0.508 e. The van der Waals surface area contributed by atoms with Crippen molar-refractivity contribution in [2.75, 3.05) is 5.32 Å². The average Bonchev–Trinajstić information content (AvgIpc) is 3.34. The van der Waals surface area contributed by atoms with Gasteiger partial charge in [-0.3, -0.25) is 24.6 Å². The van der Waals surface area contributed by atoms with Gasteiger partial charge in [-0.15, -0.1) is 0 Å². The van der Waals surface area contributed by atoms with Crippen molar-refractivity contribution in [2.45, 2.75) is 44.3 Å². The van der Waals surface area contributed by atoms with Gasteiger partial charge in [0, 0.05) is 23.3 Å². The van der Waals surface area contributed by atoms with E-state index in [0.29, 0.717) is 24.1 Å². The van der Waals surface area contributed by atoms with Gasteiger partial charge in [0.25, 0.3) is 0 Å². The van der Waals surface area contributed by atoms with Crippen molar-refractivity contribution in [1.82, 2.24) is 10.2 Å². The van der Waals surface area contributed by atoms with Gasteiger partial charge in [0.1, 0.15) is 17.1 Å². The van der Waals surface area contributed by atoms with Gasteiger partial charge in [-0.05, 0) is 55.7 Å². The van der Waals surface area contributed by atoms with Gasteiger partial charge in [-0.25, -0.2) is 4.39 Å². The number of phenolic OH excluding ortho intramolecular Hbond substituents is 1. The first-order valence-electron chi connectivity index (χ1n) is 10.8. The summed E-state index contributed by atoms with van der Waals surface area (Å²) in [6.07, 6.45) is 0.964. The van der Waals surface area contributed by atoms with Crippen molar-refractivity contribution in [1.29, 1.82) is 0 Å². The molecule has 0 unspecified atom stereocenters. The van der Waals surface area contributed by atoms with Crippen molar-refractivity contribution in [2.24, 2.45) is 11.8 Å². The Balaban J connectivity index is 1.64. The third-order valence-corrected chi connectivity index (χ3v) is 7.13. The van der Waals surface area contributed by atoms with Crippen LogP contribution < -0.4 is 10.6 Å². The maximum Gasteiger partial charge on any atom is 0.250 e. The van der Waals surface area contributed by atoms with E-state index in [1.54, 1.807) is 24.3 Å². The second-order valence-electron chi connectivity index (χ2n) is 8.88.